The van der Waals surface area contributed by atoms with E-state index < -0.39 is 0 Å². The number of nitrogen functional groups attached to an aromatic ring is 1. The molecule has 0 radical (unpaired) electrons. The van der Waals surface area contributed by atoms with Crippen LogP contribution in [0, 0.1) is 0 Å². The van der Waals surface area contributed by atoms with Crippen LogP contribution in [-0.4, -0.2) is 44.0 Å². The second kappa shape index (κ2) is 8.43. The van der Waals surface area contributed by atoms with Gasteiger partial charge in [0.1, 0.15) is 0 Å². The number of nitrogens with one attached hydrogen (secondary N) is 2. The molecule has 0 aliphatic heterocycles. The Kier molecular flexibility index (Phi) is 6.87. The van der Waals surface area contributed by atoms with Gasteiger partial charge in [0.2, 0.25) is 0 Å². The van der Waals surface area contributed by atoms with Crippen molar-refractivity contribution in [2.45, 2.75) is 20.3 Å². The van der Waals surface area contributed by atoms with E-state index in [2.05, 4.69) is 29.4 Å². The lowest BCUT2D eigenvalue weighted by atomic mass is 10.1. The van der Waals surface area contributed by atoms with Gasteiger partial charge in [-0.1, -0.05) is 13.8 Å². The second-order valence-electron chi connectivity index (χ2n) is 4.69. The molecule has 0 aliphatic rings. The van der Waals surface area contributed by atoms with Crippen molar-refractivity contribution in [2.24, 2.45) is 0 Å². The first kappa shape index (κ1) is 16.3. The molecular weight excluding hydrogens is 252 g/mol. The summed E-state index contributed by atoms with van der Waals surface area (Å²) < 4.78 is 0. The van der Waals surface area contributed by atoms with E-state index >= 15 is 0 Å². The van der Waals surface area contributed by atoms with Gasteiger partial charge >= 0.3 is 0 Å². The Morgan fingerprint density at radius 1 is 1.30 bits per heavy atom. The number of anilines is 2. The van der Waals surface area contributed by atoms with Crippen molar-refractivity contribution >= 4 is 17.3 Å². The summed E-state index contributed by atoms with van der Waals surface area (Å²) in [5.41, 5.74) is 8.03. The normalized spacial score (nSPS) is 10.6. The van der Waals surface area contributed by atoms with Gasteiger partial charge in [-0.3, -0.25) is 4.79 Å². The molecule has 0 bridgehead atoms. The summed E-state index contributed by atoms with van der Waals surface area (Å²) in [6.07, 6.45) is 1.07. The molecule has 0 unspecified atom stereocenters. The molecule has 112 valence electrons. The fraction of sp³-hybridized carbons (Fsp3) is 0.533. The van der Waals surface area contributed by atoms with Gasteiger partial charge in [0.05, 0.1) is 11.4 Å². The monoisotopic (exact) mass is 278 g/mol. The van der Waals surface area contributed by atoms with Crippen LogP contribution in [-0.2, 0) is 0 Å². The summed E-state index contributed by atoms with van der Waals surface area (Å²) in [7, 11) is 1.61. The van der Waals surface area contributed by atoms with E-state index in [4.69, 9.17) is 5.73 Å². The van der Waals surface area contributed by atoms with Crippen LogP contribution in [0.25, 0.3) is 0 Å². The van der Waals surface area contributed by atoms with E-state index in [1.165, 1.54) is 0 Å². The van der Waals surface area contributed by atoms with E-state index in [1.54, 1.807) is 19.2 Å². The summed E-state index contributed by atoms with van der Waals surface area (Å²) in [5.74, 6) is -0.121. The average molecular weight is 278 g/mol. The van der Waals surface area contributed by atoms with Crippen LogP contribution < -0.4 is 16.4 Å². The predicted octanol–water partition coefficient (Wildman–Crippen LogP) is 1.77. The molecule has 0 saturated heterocycles. The lowest BCUT2D eigenvalue weighted by Gasteiger charge is -2.18. The Bertz CT molecular complexity index is 430. The maximum absolute atomic E-state index is 11.5. The lowest BCUT2D eigenvalue weighted by molar-refractivity contribution is 0.0963. The Morgan fingerprint density at radius 2 is 2.00 bits per heavy atom. The fourth-order valence-corrected chi connectivity index (χ4v) is 2.07. The van der Waals surface area contributed by atoms with Crippen LogP contribution in [0.3, 0.4) is 0 Å². The van der Waals surface area contributed by atoms with Gasteiger partial charge in [-0.05, 0) is 44.3 Å². The van der Waals surface area contributed by atoms with Crippen LogP contribution in [0.15, 0.2) is 18.2 Å². The third-order valence-electron chi connectivity index (χ3n) is 3.40. The molecule has 1 aromatic carbocycles. The first-order valence-electron chi connectivity index (χ1n) is 7.20. The summed E-state index contributed by atoms with van der Waals surface area (Å²) >= 11 is 0. The van der Waals surface area contributed by atoms with E-state index in [1.807, 2.05) is 6.07 Å². The molecule has 0 heterocycles. The summed E-state index contributed by atoms with van der Waals surface area (Å²) in [6.45, 7) is 8.47. The van der Waals surface area contributed by atoms with Gasteiger partial charge < -0.3 is 21.3 Å². The number of nitrogens with zero attached hydrogens (tertiary/aromatic N) is 1. The molecule has 1 amide bonds. The highest BCUT2D eigenvalue weighted by Crippen LogP contribution is 2.19. The zero-order valence-corrected chi connectivity index (χ0v) is 12.7. The maximum atomic E-state index is 11.5. The molecule has 0 fully saturated rings. The zero-order valence-electron chi connectivity index (χ0n) is 12.7. The van der Waals surface area contributed by atoms with Crippen LogP contribution in [0.2, 0.25) is 0 Å². The predicted molar refractivity (Wildman–Crippen MR) is 85.1 cm³/mol. The molecule has 1 rings (SSSR count). The molecular formula is C15H26N4O. The molecule has 5 nitrogen and oxygen atoms in total. The first-order valence-corrected chi connectivity index (χ1v) is 7.20. The SMILES string of the molecule is CCN(CC)CCCNc1ccc(C(=O)NC)cc1N. The van der Waals surface area contributed by atoms with Crippen molar-refractivity contribution < 1.29 is 4.79 Å². The summed E-state index contributed by atoms with van der Waals surface area (Å²) in [5, 5.41) is 5.90. The molecule has 1 aromatic rings. The topological polar surface area (TPSA) is 70.4 Å². The maximum Gasteiger partial charge on any atom is 0.251 e. The van der Waals surface area contributed by atoms with Crippen molar-refractivity contribution in [3.63, 3.8) is 0 Å². The number of rotatable bonds is 8. The quantitative estimate of drug-likeness (QED) is 0.501. The van der Waals surface area contributed by atoms with Crippen LogP contribution in [0.5, 0.6) is 0 Å². The lowest BCUT2D eigenvalue weighted by Crippen LogP contribution is -2.25. The fourth-order valence-electron chi connectivity index (χ4n) is 2.07. The number of nitrogens with two attached hydrogens (primary N) is 1. The van der Waals surface area contributed by atoms with E-state index in [0.717, 1.165) is 38.3 Å². The summed E-state index contributed by atoms with van der Waals surface area (Å²) in [6, 6.07) is 5.34. The van der Waals surface area contributed by atoms with Gasteiger partial charge in [0.15, 0.2) is 0 Å². The molecule has 0 aromatic heterocycles. The number of benzene rings is 1. The molecule has 20 heavy (non-hydrogen) atoms. The molecule has 5 heteroatoms. The largest absolute Gasteiger partial charge is 0.397 e. The van der Waals surface area contributed by atoms with Gasteiger partial charge in [-0.25, -0.2) is 0 Å². The first-order chi connectivity index (χ1) is 9.62. The van der Waals surface area contributed by atoms with Crippen LogP contribution >= 0.6 is 0 Å². The molecule has 0 spiro atoms. The Morgan fingerprint density at radius 3 is 2.55 bits per heavy atom. The Hall–Kier alpha value is -1.75. The zero-order chi connectivity index (χ0) is 15.0. The van der Waals surface area contributed by atoms with Crippen molar-refractivity contribution in [1.82, 2.24) is 10.2 Å². The smallest absolute Gasteiger partial charge is 0.251 e. The van der Waals surface area contributed by atoms with Crippen molar-refractivity contribution in [2.75, 3.05) is 44.3 Å². The third kappa shape index (κ3) is 4.74. The minimum Gasteiger partial charge on any atom is -0.397 e. The number of carbonyl (C=O) groups is 1. The number of carbonyl (C=O) groups excluding carboxylic acids is 1. The van der Waals surface area contributed by atoms with Gasteiger partial charge in [0.25, 0.3) is 5.91 Å². The Labute approximate surface area is 121 Å². The average Bonchev–Trinajstić information content (AvgIpc) is 2.47. The van der Waals surface area contributed by atoms with Gasteiger partial charge in [-0.15, -0.1) is 0 Å². The molecule has 4 N–H and O–H groups in total. The van der Waals surface area contributed by atoms with Gasteiger partial charge in [0, 0.05) is 19.2 Å². The molecule has 0 saturated carbocycles. The third-order valence-corrected chi connectivity index (χ3v) is 3.40. The highest BCUT2D eigenvalue weighted by Gasteiger charge is 2.06. The highest BCUT2D eigenvalue weighted by molar-refractivity contribution is 5.95. The second-order valence-corrected chi connectivity index (χ2v) is 4.69. The minimum absolute atomic E-state index is 0.121. The van der Waals surface area contributed by atoms with Crippen molar-refractivity contribution in [1.29, 1.82) is 0 Å². The van der Waals surface area contributed by atoms with E-state index in [9.17, 15) is 4.79 Å². The number of hydrogen-bond acceptors (Lipinski definition) is 4. The summed E-state index contributed by atoms with van der Waals surface area (Å²) in [4.78, 5) is 13.9. The Balaban J connectivity index is 2.47. The van der Waals surface area contributed by atoms with Crippen molar-refractivity contribution in [3.05, 3.63) is 23.8 Å². The van der Waals surface area contributed by atoms with E-state index in [-0.39, 0.29) is 5.91 Å². The van der Waals surface area contributed by atoms with Gasteiger partial charge in [-0.2, -0.15) is 0 Å². The molecule has 0 atom stereocenters. The van der Waals surface area contributed by atoms with Crippen molar-refractivity contribution in [3.8, 4) is 0 Å². The highest BCUT2D eigenvalue weighted by atomic mass is 16.1. The number of amides is 1. The van der Waals surface area contributed by atoms with E-state index in [0.29, 0.717) is 11.3 Å². The minimum atomic E-state index is -0.121. The molecule has 0 aliphatic carbocycles. The number of hydrogen-bond donors (Lipinski definition) is 3. The van der Waals surface area contributed by atoms with Crippen LogP contribution in [0.4, 0.5) is 11.4 Å². The standard InChI is InChI=1S/C15H26N4O/c1-4-19(5-2)10-6-9-18-14-8-7-12(11-13(14)16)15(20)17-3/h7-8,11,18H,4-6,9-10,16H2,1-3H3,(H,17,20). The van der Waals surface area contributed by atoms with Crippen LogP contribution in [0.1, 0.15) is 30.6 Å².